The van der Waals surface area contributed by atoms with Crippen molar-refractivity contribution >= 4 is 0 Å². The number of methoxy groups -OCH3 is 2. The molecule has 1 fully saturated rings. The zero-order chi connectivity index (χ0) is 19.3. The first kappa shape index (κ1) is 18.5. The first-order valence-electron chi connectivity index (χ1n) is 9.41. The van der Waals surface area contributed by atoms with Crippen LogP contribution in [0.15, 0.2) is 54.7 Å². The van der Waals surface area contributed by atoms with Gasteiger partial charge in [-0.25, -0.2) is 4.98 Å². The zero-order valence-corrected chi connectivity index (χ0v) is 16.2. The highest BCUT2D eigenvalue weighted by Crippen LogP contribution is 2.28. The van der Waals surface area contributed by atoms with Gasteiger partial charge in [-0.3, -0.25) is 4.90 Å². The van der Waals surface area contributed by atoms with E-state index in [4.69, 9.17) is 14.2 Å². The molecule has 146 valence electrons. The van der Waals surface area contributed by atoms with Crippen LogP contribution in [0, 0.1) is 0 Å². The predicted molar refractivity (Wildman–Crippen MR) is 108 cm³/mol. The van der Waals surface area contributed by atoms with Gasteiger partial charge >= 0.3 is 0 Å². The topological polar surface area (TPSA) is 59.6 Å². The number of nitrogens with zero attached hydrogens (tertiary/aromatic N) is 2. The summed E-state index contributed by atoms with van der Waals surface area (Å²) >= 11 is 0. The maximum absolute atomic E-state index is 5.75. The lowest BCUT2D eigenvalue weighted by Crippen LogP contribution is -2.39. The van der Waals surface area contributed by atoms with Gasteiger partial charge in [0.1, 0.15) is 17.3 Å². The molecule has 1 aromatic heterocycles. The van der Waals surface area contributed by atoms with Crippen molar-refractivity contribution in [1.82, 2.24) is 14.9 Å². The third-order valence-corrected chi connectivity index (χ3v) is 5.08. The summed E-state index contributed by atoms with van der Waals surface area (Å²) in [6, 6.07) is 16.3. The monoisotopic (exact) mass is 379 g/mol. The van der Waals surface area contributed by atoms with Crippen molar-refractivity contribution in [2.24, 2.45) is 0 Å². The molecule has 1 saturated heterocycles. The second kappa shape index (κ2) is 8.46. The number of nitrogens with one attached hydrogen (secondary N) is 1. The Hall–Kier alpha value is -2.83. The fraction of sp³-hybridized carbons (Fsp3) is 0.318. The Bertz CT molecular complexity index is 907. The lowest BCUT2D eigenvalue weighted by Gasteiger charge is -2.34. The summed E-state index contributed by atoms with van der Waals surface area (Å²) in [4.78, 5) is 10.5. The van der Waals surface area contributed by atoms with Crippen LogP contribution in [0.2, 0.25) is 0 Å². The molecule has 0 bridgehead atoms. The van der Waals surface area contributed by atoms with E-state index in [2.05, 4.69) is 27.0 Å². The summed E-state index contributed by atoms with van der Waals surface area (Å²) < 4.78 is 16.3. The Balaban J connectivity index is 1.53. The number of hydrogen-bond acceptors (Lipinski definition) is 5. The maximum Gasteiger partial charge on any atom is 0.126 e. The molecule has 0 spiro atoms. The molecule has 0 radical (unpaired) electrons. The molecule has 0 aliphatic carbocycles. The van der Waals surface area contributed by atoms with Gasteiger partial charge in [-0.2, -0.15) is 0 Å². The summed E-state index contributed by atoms with van der Waals surface area (Å²) in [7, 11) is 3.36. The SMILES string of the molecule is COc1ccc(CN2CCOCC2c2ncc(-c3cccc(OC)c3)[nH]2)cc1. The van der Waals surface area contributed by atoms with Gasteiger partial charge in [-0.05, 0) is 29.8 Å². The Morgan fingerprint density at radius 2 is 1.93 bits per heavy atom. The molecule has 2 aromatic carbocycles. The molecule has 1 N–H and O–H groups in total. The van der Waals surface area contributed by atoms with Crippen LogP contribution < -0.4 is 9.47 Å². The second-order valence-electron chi connectivity index (χ2n) is 6.82. The van der Waals surface area contributed by atoms with Crippen LogP contribution in [-0.4, -0.2) is 48.8 Å². The summed E-state index contributed by atoms with van der Waals surface area (Å²) in [6.45, 7) is 3.07. The number of ether oxygens (including phenoxy) is 3. The Labute approximate surface area is 165 Å². The van der Waals surface area contributed by atoms with Gasteiger partial charge in [0.2, 0.25) is 0 Å². The van der Waals surface area contributed by atoms with Gasteiger partial charge in [0, 0.05) is 18.7 Å². The number of imidazole rings is 1. The van der Waals surface area contributed by atoms with Gasteiger partial charge in [-0.1, -0.05) is 24.3 Å². The van der Waals surface area contributed by atoms with Crippen molar-refractivity contribution in [3.63, 3.8) is 0 Å². The smallest absolute Gasteiger partial charge is 0.126 e. The number of H-pyrrole nitrogens is 1. The average Bonchev–Trinajstić information content (AvgIpc) is 3.25. The van der Waals surface area contributed by atoms with Crippen LogP contribution in [0.1, 0.15) is 17.4 Å². The minimum atomic E-state index is 0.0928. The Kier molecular flexibility index (Phi) is 5.60. The molecule has 1 aliphatic rings. The van der Waals surface area contributed by atoms with Crippen LogP contribution in [0.25, 0.3) is 11.3 Å². The lowest BCUT2D eigenvalue weighted by molar-refractivity contribution is -0.0156. The first-order chi connectivity index (χ1) is 13.8. The van der Waals surface area contributed by atoms with Gasteiger partial charge in [0.25, 0.3) is 0 Å². The van der Waals surface area contributed by atoms with E-state index in [9.17, 15) is 0 Å². The second-order valence-corrected chi connectivity index (χ2v) is 6.82. The number of aromatic nitrogens is 2. The predicted octanol–water partition coefficient (Wildman–Crippen LogP) is 3.67. The number of morpholine rings is 1. The van der Waals surface area contributed by atoms with E-state index in [1.165, 1.54) is 5.56 Å². The van der Waals surface area contributed by atoms with Crippen molar-refractivity contribution in [2.75, 3.05) is 34.0 Å². The summed E-state index contributed by atoms with van der Waals surface area (Å²) in [5, 5.41) is 0. The molecule has 4 rings (SSSR count). The summed E-state index contributed by atoms with van der Waals surface area (Å²) in [5.41, 5.74) is 3.27. The van der Waals surface area contributed by atoms with E-state index in [0.29, 0.717) is 6.61 Å². The molecule has 1 aliphatic heterocycles. The van der Waals surface area contributed by atoms with Gasteiger partial charge in [0.15, 0.2) is 0 Å². The Morgan fingerprint density at radius 1 is 1.11 bits per heavy atom. The molecule has 28 heavy (non-hydrogen) atoms. The van der Waals surface area contributed by atoms with Gasteiger partial charge < -0.3 is 19.2 Å². The van der Waals surface area contributed by atoms with Crippen molar-refractivity contribution in [3.8, 4) is 22.8 Å². The van der Waals surface area contributed by atoms with Crippen molar-refractivity contribution in [3.05, 3.63) is 66.1 Å². The minimum Gasteiger partial charge on any atom is -0.497 e. The van der Waals surface area contributed by atoms with Crippen molar-refractivity contribution < 1.29 is 14.2 Å². The normalized spacial score (nSPS) is 17.4. The molecule has 2 heterocycles. The molecule has 6 heteroatoms. The fourth-order valence-electron chi connectivity index (χ4n) is 3.49. The third kappa shape index (κ3) is 4.03. The number of aromatic amines is 1. The number of benzene rings is 2. The number of hydrogen-bond donors (Lipinski definition) is 1. The summed E-state index contributed by atoms with van der Waals surface area (Å²) in [6.07, 6.45) is 1.88. The molecule has 0 saturated carbocycles. The maximum atomic E-state index is 5.75. The van der Waals surface area contributed by atoms with Crippen molar-refractivity contribution in [2.45, 2.75) is 12.6 Å². The summed E-state index contributed by atoms with van der Waals surface area (Å²) in [5.74, 6) is 2.62. The van der Waals surface area contributed by atoms with Gasteiger partial charge in [-0.15, -0.1) is 0 Å². The highest BCUT2D eigenvalue weighted by atomic mass is 16.5. The quantitative estimate of drug-likeness (QED) is 0.708. The fourth-order valence-corrected chi connectivity index (χ4v) is 3.49. The van der Waals surface area contributed by atoms with Crippen LogP contribution >= 0.6 is 0 Å². The molecule has 1 atom stereocenters. The molecule has 6 nitrogen and oxygen atoms in total. The average molecular weight is 379 g/mol. The molecule has 0 amide bonds. The Morgan fingerprint density at radius 3 is 2.71 bits per heavy atom. The largest absolute Gasteiger partial charge is 0.497 e. The number of rotatable bonds is 6. The molecular formula is C22H25N3O3. The molecular weight excluding hydrogens is 354 g/mol. The van der Waals surface area contributed by atoms with E-state index in [0.717, 1.165) is 48.3 Å². The van der Waals surface area contributed by atoms with Crippen LogP contribution in [0.5, 0.6) is 11.5 Å². The van der Waals surface area contributed by atoms with Crippen LogP contribution in [0.4, 0.5) is 0 Å². The van der Waals surface area contributed by atoms with Crippen molar-refractivity contribution in [1.29, 1.82) is 0 Å². The van der Waals surface area contributed by atoms with Crippen LogP contribution in [-0.2, 0) is 11.3 Å². The first-order valence-corrected chi connectivity index (χ1v) is 9.41. The van der Waals surface area contributed by atoms with E-state index >= 15 is 0 Å². The molecule has 3 aromatic rings. The highest BCUT2D eigenvalue weighted by Gasteiger charge is 2.27. The van der Waals surface area contributed by atoms with E-state index in [-0.39, 0.29) is 6.04 Å². The lowest BCUT2D eigenvalue weighted by atomic mass is 10.1. The molecule has 1 unspecified atom stereocenters. The van der Waals surface area contributed by atoms with E-state index in [1.54, 1.807) is 14.2 Å². The standard InChI is InChI=1S/C22H25N3O3/c1-26-18-8-6-16(7-9-18)14-25-10-11-28-15-21(25)22-23-13-20(24-22)17-4-3-5-19(12-17)27-2/h3-9,12-13,21H,10-11,14-15H2,1-2H3,(H,23,24). The van der Waals surface area contributed by atoms with Gasteiger partial charge in [0.05, 0.1) is 45.4 Å². The van der Waals surface area contributed by atoms with Crippen LogP contribution in [0.3, 0.4) is 0 Å². The van der Waals surface area contributed by atoms with E-state index < -0.39 is 0 Å². The highest BCUT2D eigenvalue weighted by molar-refractivity contribution is 5.60. The zero-order valence-electron chi connectivity index (χ0n) is 16.2. The van der Waals surface area contributed by atoms with E-state index in [1.807, 2.05) is 42.6 Å². The minimum absolute atomic E-state index is 0.0928. The third-order valence-electron chi connectivity index (χ3n) is 5.08.